The van der Waals surface area contributed by atoms with Crippen LogP contribution in [0.2, 0.25) is 0 Å². The normalized spacial score (nSPS) is 13.5. The summed E-state index contributed by atoms with van der Waals surface area (Å²) in [4.78, 5) is 10.3. The van der Waals surface area contributed by atoms with Gasteiger partial charge in [0.05, 0.1) is 0 Å². The topological polar surface area (TPSA) is 17.1 Å². The van der Waals surface area contributed by atoms with Crippen LogP contribution in [0.5, 0.6) is 0 Å². The molecule has 4 heteroatoms. The monoisotopic (exact) mass is 152 g/mol. The lowest BCUT2D eigenvalue weighted by Crippen LogP contribution is -2.05. The van der Waals surface area contributed by atoms with E-state index in [1.54, 1.807) is 0 Å². The highest BCUT2D eigenvalue weighted by molar-refractivity contribution is 5.92. The Labute approximate surface area is 56.5 Å². The molecule has 0 N–H and O–H groups in total. The van der Waals surface area contributed by atoms with Crippen LogP contribution in [-0.4, -0.2) is 12.0 Å². The maximum atomic E-state index is 11.4. The van der Waals surface area contributed by atoms with Gasteiger partial charge < -0.3 is 0 Å². The van der Waals surface area contributed by atoms with Crippen molar-refractivity contribution >= 4 is 5.78 Å². The lowest BCUT2D eigenvalue weighted by molar-refractivity contribution is -0.114. The van der Waals surface area contributed by atoms with Crippen molar-refractivity contribution in [2.45, 2.75) is 20.0 Å². The van der Waals surface area contributed by atoms with E-state index in [1.165, 1.54) is 0 Å². The van der Waals surface area contributed by atoms with Gasteiger partial charge in [-0.2, -0.15) is 13.2 Å². The molecule has 58 valence electrons. The number of carbonyl (C=O) groups is 1. The minimum absolute atomic E-state index is 0.00463. The van der Waals surface area contributed by atoms with Crippen LogP contribution in [0.1, 0.15) is 13.8 Å². The fourth-order valence-corrected chi connectivity index (χ4v) is 0.347. The van der Waals surface area contributed by atoms with Crippen LogP contribution < -0.4 is 0 Å². The van der Waals surface area contributed by atoms with Gasteiger partial charge in [0.2, 0.25) is 0 Å². The highest BCUT2D eigenvalue weighted by atomic mass is 19.4. The van der Waals surface area contributed by atoms with E-state index in [-0.39, 0.29) is 11.6 Å². The smallest absolute Gasteiger partial charge is 0.295 e. The van der Waals surface area contributed by atoms with Crippen LogP contribution in [0.15, 0.2) is 11.6 Å². The molecular weight excluding hydrogens is 145 g/mol. The molecule has 0 aromatic heterocycles. The first kappa shape index (κ1) is 9.20. The van der Waals surface area contributed by atoms with E-state index in [9.17, 15) is 18.0 Å². The van der Waals surface area contributed by atoms with E-state index in [2.05, 4.69) is 0 Å². The first-order chi connectivity index (χ1) is 4.33. The Kier molecular flexibility index (Phi) is 2.63. The van der Waals surface area contributed by atoms with E-state index < -0.39 is 12.0 Å². The van der Waals surface area contributed by atoms with Crippen LogP contribution in [0.3, 0.4) is 0 Å². The second-order valence-corrected chi connectivity index (χ2v) is 1.93. The van der Waals surface area contributed by atoms with Gasteiger partial charge in [-0.05, 0) is 19.4 Å². The maximum absolute atomic E-state index is 11.4. The quantitative estimate of drug-likeness (QED) is 0.526. The molecule has 0 heterocycles. The summed E-state index contributed by atoms with van der Waals surface area (Å²) >= 11 is 0. The Bertz CT molecular complexity index is 166. The molecule has 0 amide bonds. The molecular formula is C6H7F3O. The molecule has 0 spiro atoms. The van der Waals surface area contributed by atoms with Gasteiger partial charge >= 0.3 is 6.18 Å². The van der Waals surface area contributed by atoms with E-state index in [0.29, 0.717) is 0 Å². The van der Waals surface area contributed by atoms with Gasteiger partial charge in [-0.1, -0.05) is 0 Å². The summed E-state index contributed by atoms with van der Waals surface area (Å²) in [6.45, 7) is 2.23. The van der Waals surface area contributed by atoms with Gasteiger partial charge in [-0.25, -0.2) is 0 Å². The van der Waals surface area contributed by atoms with Crippen LogP contribution >= 0.6 is 0 Å². The van der Waals surface area contributed by atoms with E-state index in [1.807, 2.05) is 0 Å². The largest absolute Gasteiger partial charge is 0.410 e. The lowest BCUT2D eigenvalue weighted by Gasteiger charge is -1.99. The zero-order chi connectivity index (χ0) is 8.36. The molecule has 0 aliphatic rings. The number of allylic oxidation sites excluding steroid dienone is 2. The van der Waals surface area contributed by atoms with Crippen molar-refractivity contribution < 1.29 is 18.0 Å². The van der Waals surface area contributed by atoms with Crippen molar-refractivity contribution in [3.05, 3.63) is 11.6 Å². The number of halogens is 3. The number of rotatable bonds is 1. The zero-order valence-electron chi connectivity index (χ0n) is 5.62. The third-order valence-corrected chi connectivity index (χ3v) is 0.935. The van der Waals surface area contributed by atoms with Crippen LogP contribution in [0.25, 0.3) is 0 Å². The summed E-state index contributed by atoms with van der Waals surface area (Å²) in [7, 11) is 0. The number of carbonyl (C=O) groups excluding carboxylic acids is 1. The van der Waals surface area contributed by atoms with Crippen molar-refractivity contribution in [1.82, 2.24) is 0 Å². The molecule has 0 aromatic rings. The first-order valence-corrected chi connectivity index (χ1v) is 2.60. The Morgan fingerprint density at radius 1 is 1.30 bits per heavy atom. The summed E-state index contributed by atoms with van der Waals surface area (Å²) < 4.78 is 34.3. The van der Waals surface area contributed by atoms with Crippen molar-refractivity contribution in [3.63, 3.8) is 0 Å². The second-order valence-electron chi connectivity index (χ2n) is 1.93. The predicted octanol–water partition coefficient (Wildman–Crippen LogP) is 2.08. The SMILES string of the molecule is CC(=O)/C(C)=C/C(F)(F)F. The molecule has 0 radical (unpaired) electrons. The number of hydrogen-bond acceptors (Lipinski definition) is 1. The fraction of sp³-hybridized carbons (Fsp3) is 0.500. The van der Waals surface area contributed by atoms with E-state index >= 15 is 0 Å². The Balaban J connectivity index is 4.32. The highest BCUT2D eigenvalue weighted by Crippen LogP contribution is 2.18. The van der Waals surface area contributed by atoms with Crippen LogP contribution in [0.4, 0.5) is 13.2 Å². The summed E-state index contributed by atoms with van der Waals surface area (Å²) in [5, 5.41) is 0. The average molecular weight is 152 g/mol. The standard InChI is InChI=1S/C6H7F3O/c1-4(5(2)10)3-6(7,8)9/h3H,1-2H3/b4-3+. The summed E-state index contributed by atoms with van der Waals surface area (Å²) in [6, 6.07) is 0. The van der Waals surface area contributed by atoms with Crippen molar-refractivity contribution in [3.8, 4) is 0 Å². The number of ketones is 1. The molecule has 0 aliphatic heterocycles. The molecule has 0 rings (SSSR count). The van der Waals surface area contributed by atoms with Crippen molar-refractivity contribution in [1.29, 1.82) is 0 Å². The van der Waals surface area contributed by atoms with Gasteiger partial charge in [-0.15, -0.1) is 0 Å². The van der Waals surface area contributed by atoms with E-state index in [0.717, 1.165) is 13.8 Å². The number of hydrogen-bond donors (Lipinski definition) is 0. The van der Waals surface area contributed by atoms with Gasteiger partial charge in [0.1, 0.15) is 0 Å². The summed E-state index contributed by atoms with van der Waals surface area (Å²) in [6.07, 6.45) is -4.38. The number of Topliss-reactive ketones (excluding diaryl/α,β-unsaturated/α-hetero) is 1. The minimum Gasteiger partial charge on any atom is -0.295 e. The summed E-state index contributed by atoms with van der Waals surface area (Å²) in [5.74, 6) is -0.558. The minimum atomic E-state index is -4.38. The Morgan fingerprint density at radius 2 is 1.70 bits per heavy atom. The van der Waals surface area contributed by atoms with Crippen molar-refractivity contribution in [2.75, 3.05) is 0 Å². The average Bonchev–Trinajstić information content (AvgIpc) is 1.60. The highest BCUT2D eigenvalue weighted by Gasteiger charge is 2.24. The summed E-state index contributed by atoms with van der Waals surface area (Å²) in [5.41, 5.74) is -0.271. The molecule has 0 bridgehead atoms. The Hall–Kier alpha value is -0.800. The number of alkyl halides is 3. The second kappa shape index (κ2) is 2.86. The fourth-order valence-electron chi connectivity index (χ4n) is 0.347. The first-order valence-electron chi connectivity index (χ1n) is 2.60. The molecule has 10 heavy (non-hydrogen) atoms. The van der Waals surface area contributed by atoms with E-state index in [4.69, 9.17) is 0 Å². The van der Waals surface area contributed by atoms with Gasteiger partial charge in [0.25, 0.3) is 0 Å². The lowest BCUT2D eigenvalue weighted by atomic mass is 10.2. The van der Waals surface area contributed by atoms with Gasteiger partial charge in [-0.3, -0.25) is 4.79 Å². The molecule has 0 saturated carbocycles. The molecule has 0 saturated heterocycles. The van der Waals surface area contributed by atoms with Gasteiger partial charge in [0.15, 0.2) is 5.78 Å². The molecule has 0 aromatic carbocycles. The third kappa shape index (κ3) is 4.12. The van der Waals surface area contributed by atoms with Crippen molar-refractivity contribution in [2.24, 2.45) is 0 Å². The molecule has 0 atom stereocenters. The predicted molar refractivity (Wildman–Crippen MR) is 30.5 cm³/mol. The molecule has 0 unspecified atom stereocenters. The maximum Gasteiger partial charge on any atom is 0.410 e. The third-order valence-electron chi connectivity index (χ3n) is 0.935. The molecule has 1 nitrogen and oxygen atoms in total. The van der Waals surface area contributed by atoms with Crippen LogP contribution in [0, 0.1) is 0 Å². The van der Waals surface area contributed by atoms with Gasteiger partial charge in [0, 0.05) is 6.08 Å². The van der Waals surface area contributed by atoms with Crippen LogP contribution in [-0.2, 0) is 4.79 Å². The molecule has 0 fully saturated rings. The zero-order valence-corrected chi connectivity index (χ0v) is 5.62. The molecule has 0 aliphatic carbocycles. The Morgan fingerprint density at radius 3 is 1.80 bits per heavy atom.